The van der Waals surface area contributed by atoms with Crippen molar-refractivity contribution in [3.63, 3.8) is 0 Å². The zero-order chi connectivity index (χ0) is 25.0. The standard InChI is InChI=1S/C23H24FN3O7S/c1-15(28)32-14-22(29)26-35(31)10-7-16(8-11-35)20-5-3-18(12-21(20)24)27-13-19(34-23(27)30)4-2-17-6-9-33-25-17/h3,5-7,9,12,19H,2,4,8,10-11,13-14H2,1H3/t19-,35?/m0/s1. The molecule has 1 fully saturated rings. The first-order valence-corrected chi connectivity index (χ1v) is 12.8. The number of ether oxygens (including phenoxy) is 2. The molecular formula is C23H24FN3O7S. The summed E-state index contributed by atoms with van der Waals surface area (Å²) in [7, 11) is -2.84. The maximum Gasteiger partial charge on any atom is 0.414 e. The number of cyclic esters (lactones) is 1. The number of rotatable bonds is 7. The lowest BCUT2D eigenvalue weighted by Gasteiger charge is -2.19. The van der Waals surface area contributed by atoms with E-state index in [0.29, 0.717) is 36.2 Å². The maximum absolute atomic E-state index is 15.0. The number of aryl methyl sites for hydroxylation is 1. The van der Waals surface area contributed by atoms with Crippen molar-refractivity contribution < 1.29 is 37.0 Å². The Morgan fingerprint density at radius 1 is 1.34 bits per heavy atom. The SMILES string of the molecule is CC(=O)OCC(=O)N=S1(=O)CC=C(c2ccc(N3C[C@H](CCc4ccon4)OC3=O)cc2F)CC1. The molecule has 3 heterocycles. The van der Waals surface area contributed by atoms with Gasteiger partial charge in [0, 0.05) is 24.3 Å². The molecule has 2 aliphatic rings. The molecular weight excluding hydrogens is 481 g/mol. The summed E-state index contributed by atoms with van der Waals surface area (Å²) < 4.78 is 46.3. The Hall–Kier alpha value is -3.54. The number of anilines is 1. The molecule has 12 heteroatoms. The lowest BCUT2D eigenvalue weighted by atomic mass is 10.0. The molecule has 2 atom stereocenters. The Bertz CT molecular complexity index is 1280. The van der Waals surface area contributed by atoms with E-state index in [1.165, 1.54) is 17.2 Å². The Labute approximate surface area is 201 Å². The third-order valence-corrected chi connectivity index (χ3v) is 7.71. The van der Waals surface area contributed by atoms with Crippen molar-refractivity contribution in [1.29, 1.82) is 0 Å². The summed E-state index contributed by atoms with van der Waals surface area (Å²) in [4.78, 5) is 36.3. The van der Waals surface area contributed by atoms with Crippen LogP contribution in [0.4, 0.5) is 14.9 Å². The Morgan fingerprint density at radius 2 is 2.17 bits per heavy atom. The van der Waals surface area contributed by atoms with Crippen molar-refractivity contribution in [3.8, 4) is 0 Å². The summed E-state index contributed by atoms with van der Waals surface area (Å²) in [5.74, 6) is -1.85. The fraction of sp³-hybridized carbons (Fsp3) is 0.391. The first-order valence-electron chi connectivity index (χ1n) is 11.0. The highest BCUT2D eigenvalue weighted by Crippen LogP contribution is 2.31. The van der Waals surface area contributed by atoms with Crippen LogP contribution in [0.5, 0.6) is 0 Å². The fourth-order valence-electron chi connectivity index (χ4n) is 3.88. The molecule has 1 aromatic carbocycles. The molecule has 0 N–H and O–H groups in total. The van der Waals surface area contributed by atoms with Crippen molar-refractivity contribution in [1.82, 2.24) is 5.16 Å². The van der Waals surface area contributed by atoms with Crippen LogP contribution in [0.15, 0.2) is 45.5 Å². The third kappa shape index (κ3) is 6.13. The minimum absolute atomic E-state index is 0.0129. The molecule has 0 saturated carbocycles. The number of hydrogen-bond donors (Lipinski definition) is 0. The van der Waals surface area contributed by atoms with Gasteiger partial charge in [0.1, 0.15) is 18.2 Å². The van der Waals surface area contributed by atoms with Crippen LogP contribution in [-0.2, 0) is 35.2 Å². The minimum atomic E-state index is -2.84. The molecule has 2 amide bonds. The lowest BCUT2D eigenvalue weighted by molar-refractivity contribution is -0.145. The topological polar surface area (TPSA) is 128 Å². The van der Waals surface area contributed by atoms with Crippen LogP contribution < -0.4 is 4.90 Å². The van der Waals surface area contributed by atoms with E-state index in [1.54, 1.807) is 24.3 Å². The normalized spacial score (nSPS) is 21.9. The number of aromatic nitrogens is 1. The first-order chi connectivity index (χ1) is 16.7. The monoisotopic (exact) mass is 505 g/mol. The molecule has 0 radical (unpaired) electrons. The van der Waals surface area contributed by atoms with Gasteiger partial charge in [-0.15, -0.1) is 0 Å². The number of amides is 2. The molecule has 0 bridgehead atoms. The van der Waals surface area contributed by atoms with Gasteiger partial charge in [-0.3, -0.25) is 14.5 Å². The van der Waals surface area contributed by atoms with E-state index in [-0.39, 0.29) is 24.0 Å². The van der Waals surface area contributed by atoms with Crippen molar-refractivity contribution in [3.05, 3.63) is 53.7 Å². The summed E-state index contributed by atoms with van der Waals surface area (Å²) in [5, 5.41) is 3.83. The Kier molecular flexibility index (Phi) is 7.29. The quantitative estimate of drug-likeness (QED) is 0.525. The second-order valence-electron chi connectivity index (χ2n) is 8.20. The second-order valence-corrected chi connectivity index (χ2v) is 10.7. The summed E-state index contributed by atoms with van der Waals surface area (Å²) in [6, 6.07) is 6.23. The third-order valence-electron chi connectivity index (χ3n) is 5.65. The molecule has 2 aromatic rings. The van der Waals surface area contributed by atoms with Gasteiger partial charge in [-0.05, 0) is 43.0 Å². The van der Waals surface area contributed by atoms with E-state index in [4.69, 9.17) is 9.26 Å². The number of carbonyl (C=O) groups excluding carboxylic acids is 3. The largest absolute Gasteiger partial charge is 0.456 e. The zero-order valence-electron chi connectivity index (χ0n) is 19.0. The van der Waals surface area contributed by atoms with Crippen LogP contribution in [0.3, 0.4) is 0 Å². The van der Waals surface area contributed by atoms with Crippen LogP contribution in [0, 0.1) is 5.82 Å². The number of halogens is 1. The number of nitrogens with zero attached hydrogens (tertiary/aromatic N) is 3. The van der Waals surface area contributed by atoms with E-state index in [9.17, 15) is 23.0 Å². The summed E-state index contributed by atoms with van der Waals surface area (Å²) in [5.41, 5.74) is 2.12. The lowest BCUT2D eigenvalue weighted by Crippen LogP contribution is -2.25. The number of carbonyl (C=O) groups is 3. The van der Waals surface area contributed by atoms with Gasteiger partial charge in [-0.2, -0.15) is 4.36 Å². The first kappa shape index (κ1) is 24.6. The van der Waals surface area contributed by atoms with Gasteiger partial charge in [-0.25, -0.2) is 13.4 Å². The average molecular weight is 506 g/mol. The predicted molar refractivity (Wildman–Crippen MR) is 123 cm³/mol. The van der Waals surface area contributed by atoms with Crippen LogP contribution in [0.2, 0.25) is 0 Å². The predicted octanol–water partition coefficient (Wildman–Crippen LogP) is 3.12. The molecule has 35 heavy (non-hydrogen) atoms. The van der Waals surface area contributed by atoms with E-state index in [1.807, 2.05) is 0 Å². The highest BCUT2D eigenvalue weighted by atomic mass is 32.2. The number of allylic oxidation sites excluding steroid dienone is 1. The molecule has 0 aliphatic carbocycles. The summed E-state index contributed by atoms with van der Waals surface area (Å²) in [6.45, 7) is 0.899. The van der Waals surface area contributed by atoms with Gasteiger partial charge in [0.25, 0.3) is 5.91 Å². The molecule has 1 aromatic heterocycles. The molecule has 4 rings (SSSR count). The highest BCUT2D eigenvalue weighted by molar-refractivity contribution is 7.94. The molecule has 1 unspecified atom stereocenters. The summed E-state index contributed by atoms with van der Waals surface area (Å²) in [6.07, 6.45) is 3.62. The van der Waals surface area contributed by atoms with Gasteiger partial charge in [-0.1, -0.05) is 11.2 Å². The minimum Gasteiger partial charge on any atom is -0.456 e. The second kappa shape index (κ2) is 10.4. The fourth-order valence-corrected chi connectivity index (χ4v) is 5.64. The van der Waals surface area contributed by atoms with Crippen LogP contribution in [0.25, 0.3) is 5.57 Å². The van der Waals surface area contributed by atoms with E-state index in [0.717, 1.165) is 12.6 Å². The van der Waals surface area contributed by atoms with Crippen LogP contribution in [0.1, 0.15) is 31.0 Å². The Balaban J connectivity index is 1.40. The van der Waals surface area contributed by atoms with E-state index in [2.05, 4.69) is 14.3 Å². The van der Waals surface area contributed by atoms with Crippen LogP contribution in [-0.4, -0.2) is 58.1 Å². The van der Waals surface area contributed by atoms with E-state index >= 15 is 0 Å². The van der Waals surface area contributed by atoms with Crippen molar-refractivity contribution >= 4 is 39.0 Å². The Morgan fingerprint density at radius 3 is 2.83 bits per heavy atom. The van der Waals surface area contributed by atoms with Gasteiger partial charge in [0.05, 0.1) is 33.4 Å². The number of esters is 1. The van der Waals surface area contributed by atoms with Gasteiger partial charge in [0.2, 0.25) is 0 Å². The van der Waals surface area contributed by atoms with Crippen molar-refractivity contribution in [2.24, 2.45) is 4.36 Å². The summed E-state index contributed by atoms with van der Waals surface area (Å²) >= 11 is 0. The molecule has 186 valence electrons. The van der Waals surface area contributed by atoms with E-state index < -0.39 is 40.1 Å². The smallest absolute Gasteiger partial charge is 0.414 e. The average Bonchev–Trinajstić information content (AvgIpc) is 3.46. The van der Waals surface area contributed by atoms with Gasteiger partial charge >= 0.3 is 12.1 Å². The molecule has 1 saturated heterocycles. The van der Waals surface area contributed by atoms with Crippen molar-refractivity contribution in [2.75, 3.05) is 29.6 Å². The highest BCUT2D eigenvalue weighted by Gasteiger charge is 2.33. The zero-order valence-corrected chi connectivity index (χ0v) is 19.8. The number of benzene rings is 1. The van der Waals surface area contributed by atoms with Gasteiger partial charge < -0.3 is 14.0 Å². The molecule has 10 nitrogen and oxygen atoms in total. The van der Waals surface area contributed by atoms with Crippen LogP contribution >= 0.6 is 0 Å². The number of hydrogen-bond acceptors (Lipinski definition) is 8. The molecule has 2 aliphatic heterocycles. The van der Waals surface area contributed by atoms with Crippen molar-refractivity contribution in [2.45, 2.75) is 32.3 Å². The molecule has 0 spiro atoms. The maximum atomic E-state index is 15.0. The van der Waals surface area contributed by atoms with Gasteiger partial charge in [0.15, 0.2) is 6.61 Å².